The number of amides is 1. The van der Waals surface area contributed by atoms with E-state index in [0.717, 1.165) is 13.0 Å². The Balaban J connectivity index is 2.37. The number of hydrogen-bond donors (Lipinski definition) is 2. The Hall–Kier alpha value is -1.06. The van der Waals surface area contributed by atoms with E-state index in [4.69, 9.17) is 11.6 Å². The number of carbonyl (C=O) groups is 1. The number of nitrogens with one attached hydrogen (secondary N) is 2. The minimum Gasteiger partial charge on any atom is -0.324 e. The normalized spacial score (nSPS) is 11.3. The first-order valence-electron chi connectivity index (χ1n) is 6.20. The fourth-order valence-corrected chi connectivity index (χ4v) is 1.58. The lowest BCUT2D eigenvalue weighted by Crippen LogP contribution is -2.35. The van der Waals surface area contributed by atoms with Crippen LogP contribution >= 0.6 is 11.6 Å². The van der Waals surface area contributed by atoms with E-state index in [2.05, 4.69) is 31.4 Å². The highest BCUT2D eigenvalue weighted by molar-refractivity contribution is 6.33. The van der Waals surface area contributed by atoms with Gasteiger partial charge >= 0.3 is 0 Å². The van der Waals surface area contributed by atoms with Gasteiger partial charge in [0.1, 0.15) is 0 Å². The van der Waals surface area contributed by atoms with Gasteiger partial charge in [-0.15, -0.1) is 0 Å². The van der Waals surface area contributed by atoms with Gasteiger partial charge in [-0.05, 0) is 24.0 Å². The van der Waals surface area contributed by atoms with Gasteiger partial charge in [0.15, 0.2) is 0 Å². The molecule has 1 aromatic carbocycles. The van der Waals surface area contributed by atoms with Crippen LogP contribution < -0.4 is 10.6 Å². The Morgan fingerprint density at radius 3 is 2.61 bits per heavy atom. The monoisotopic (exact) mass is 268 g/mol. The maximum atomic E-state index is 11.7. The first-order chi connectivity index (χ1) is 8.44. The number of carbonyl (C=O) groups excluding carboxylic acids is 1. The summed E-state index contributed by atoms with van der Waals surface area (Å²) in [5.74, 6) is -0.0741. The Morgan fingerprint density at radius 1 is 1.33 bits per heavy atom. The summed E-state index contributed by atoms with van der Waals surface area (Å²) in [6.07, 6.45) is 1.08. The maximum absolute atomic E-state index is 11.7. The van der Waals surface area contributed by atoms with Crippen LogP contribution in [0.3, 0.4) is 0 Å². The summed E-state index contributed by atoms with van der Waals surface area (Å²) in [6.45, 7) is 7.61. The van der Waals surface area contributed by atoms with Gasteiger partial charge in [-0.1, -0.05) is 44.5 Å². The molecule has 0 atom stereocenters. The van der Waals surface area contributed by atoms with Crippen LogP contribution in [0.5, 0.6) is 0 Å². The molecule has 0 bridgehead atoms. The molecule has 100 valence electrons. The molecule has 0 radical (unpaired) electrons. The van der Waals surface area contributed by atoms with Gasteiger partial charge in [0, 0.05) is 6.54 Å². The van der Waals surface area contributed by atoms with Crippen LogP contribution in [0.1, 0.15) is 27.2 Å². The zero-order valence-corrected chi connectivity index (χ0v) is 12.0. The van der Waals surface area contributed by atoms with Crippen LogP contribution in [0.25, 0.3) is 0 Å². The Bertz CT molecular complexity index is 405. The van der Waals surface area contributed by atoms with Crippen molar-refractivity contribution in [1.29, 1.82) is 0 Å². The van der Waals surface area contributed by atoms with E-state index in [1.165, 1.54) is 0 Å². The third-order valence-corrected chi connectivity index (χ3v) is 3.32. The fourth-order valence-electron chi connectivity index (χ4n) is 1.40. The lowest BCUT2D eigenvalue weighted by molar-refractivity contribution is -0.115. The molecule has 0 aliphatic rings. The van der Waals surface area contributed by atoms with Crippen LogP contribution in [0.2, 0.25) is 5.02 Å². The second-order valence-corrected chi connectivity index (χ2v) is 5.56. The van der Waals surface area contributed by atoms with Crippen molar-refractivity contribution in [3.63, 3.8) is 0 Å². The SMILES string of the molecule is CCC(C)(C)CNCC(=O)Nc1ccccc1Cl. The molecule has 0 unspecified atom stereocenters. The highest BCUT2D eigenvalue weighted by Crippen LogP contribution is 2.20. The number of para-hydroxylation sites is 1. The fraction of sp³-hybridized carbons (Fsp3) is 0.500. The lowest BCUT2D eigenvalue weighted by atomic mass is 9.90. The predicted octanol–water partition coefficient (Wildman–Crippen LogP) is 3.30. The van der Waals surface area contributed by atoms with Crippen LogP contribution in [-0.2, 0) is 4.79 Å². The first-order valence-corrected chi connectivity index (χ1v) is 6.57. The molecule has 0 aromatic heterocycles. The van der Waals surface area contributed by atoms with Gasteiger partial charge in [-0.2, -0.15) is 0 Å². The van der Waals surface area contributed by atoms with Gasteiger partial charge in [0.2, 0.25) is 5.91 Å². The molecular weight excluding hydrogens is 248 g/mol. The minimum absolute atomic E-state index is 0.0741. The average Bonchev–Trinajstić information content (AvgIpc) is 2.32. The van der Waals surface area contributed by atoms with Gasteiger partial charge in [0.05, 0.1) is 17.3 Å². The van der Waals surface area contributed by atoms with Gasteiger partial charge in [-0.25, -0.2) is 0 Å². The molecule has 1 amide bonds. The molecule has 0 saturated heterocycles. The molecular formula is C14H21ClN2O. The van der Waals surface area contributed by atoms with Crippen LogP contribution in [0.4, 0.5) is 5.69 Å². The van der Waals surface area contributed by atoms with Crippen LogP contribution in [0.15, 0.2) is 24.3 Å². The van der Waals surface area contributed by atoms with Gasteiger partial charge in [-0.3, -0.25) is 4.79 Å². The summed E-state index contributed by atoms with van der Waals surface area (Å²) >= 11 is 5.96. The molecule has 3 nitrogen and oxygen atoms in total. The smallest absolute Gasteiger partial charge is 0.238 e. The van der Waals surface area contributed by atoms with Crippen molar-refractivity contribution in [1.82, 2.24) is 5.32 Å². The van der Waals surface area contributed by atoms with E-state index in [1.54, 1.807) is 12.1 Å². The van der Waals surface area contributed by atoms with Crippen molar-refractivity contribution in [3.05, 3.63) is 29.3 Å². The number of hydrogen-bond acceptors (Lipinski definition) is 2. The minimum atomic E-state index is -0.0741. The standard InChI is InChI=1S/C14H21ClN2O/c1-4-14(2,3)10-16-9-13(18)17-12-8-6-5-7-11(12)15/h5-8,16H,4,9-10H2,1-3H3,(H,17,18). The summed E-state index contributed by atoms with van der Waals surface area (Å²) in [5, 5.41) is 6.50. The molecule has 4 heteroatoms. The Labute approximate surface area is 114 Å². The topological polar surface area (TPSA) is 41.1 Å². The number of anilines is 1. The van der Waals surface area contributed by atoms with Crippen molar-refractivity contribution >= 4 is 23.2 Å². The van der Waals surface area contributed by atoms with E-state index < -0.39 is 0 Å². The van der Waals surface area contributed by atoms with Crippen molar-refractivity contribution in [2.45, 2.75) is 27.2 Å². The van der Waals surface area contributed by atoms with Gasteiger partial charge in [0.25, 0.3) is 0 Å². The van der Waals surface area contributed by atoms with Crippen LogP contribution in [0, 0.1) is 5.41 Å². The Kier molecular flexibility index (Phi) is 5.63. The first kappa shape index (κ1) is 15.0. The zero-order valence-electron chi connectivity index (χ0n) is 11.2. The summed E-state index contributed by atoms with van der Waals surface area (Å²) in [6, 6.07) is 7.22. The quantitative estimate of drug-likeness (QED) is 0.831. The molecule has 0 fully saturated rings. The zero-order chi connectivity index (χ0) is 13.6. The molecule has 0 heterocycles. The molecule has 1 aromatic rings. The molecule has 0 saturated carbocycles. The number of benzene rings is 1. The largest absolute Gasteiger partial charge is 0.324 e. The van der Waals surface area contributed by atoms with Crippen molar-refractivity contribution in [2.24, 2.45) is 5.41 Å². The van der Waals surface area contributed by atoms with E-state index in [1.807, 2.05) is 12.1 Å². The van der Waals surface area contributed by atoms with Crippen molar-refractivity contribution < 1.29 is 4.79 Å². The second-order valence-electron chi connectivity index (χ2n) is 5.15. The number of halogens is 1. The second kappa shape index (κ2) is 6.76. The lowest BCUT2D eigenvalue weighted by Gasteiger charge is -2.22. The van der Waals surface area contributed by atoms with Crippen molar-refractivity contribution in [2.75, 3.05) is 18.4 Å². The van der Waals surface area contributed by atoms with E-state index in [9.17, 15) is 4.79 Å². The molecule has 18 heavy (non-hydrogen) atoms. The molecule has 2 N–H and O–H groups in total. The molecule has 0 aliphatic heterocycles. The van der Waals surface area contributed by atoms with Crippen molar-refractivity contribution in [3.8, 4) is 0 Å². The average molecular weight is 269 g/mol. The Morgan fingerprint density at radius 2 is 2.00 bits per heavy atom. The van der Waals surface area contributed by atoms with E-state index in [0.29, 0.717) is 17.3 Å². The third kappa shape index (κ3) is 5.07. The highest BCUT2D eigenvalue weighted by Gasteiger charge is 2.14. The van der Waals surface area contributed by atoms with E-state index >= 15 is 0 Å². The summed E-state index contributed by atoms with van der Waals surface area (Å²) < 4.78 is 0. The highest BCUT2D eigenvalue weighted by atomic mass is 35.5. The third-order valence-electron chi connectivity index (χ3n) is 2.99. The summed E-state index contributed by atoms with van der Waals surface area (Å²) in [4.78, 5) is 11.7. The molecule has 0 spiro atoms. The predicted molar refractivity (Wildman–Crippen MR) is 77.0 cm³/mol. The molecule has 1 rings (SSSR count). The summed E-state index contributed by atoms with van der Waals surface area (Å²) in [7, 11) is 0. The van der Waals surface area contributed by atoms with E-state index in [-0.39, 0.29) is 11.3 Å². The van der Waals surface area contributed by atoms with Gasteiger partial charge < -0.3 is 10.6 Å². The summed E-state index contributed by atoms with van der Waals surface area (Å²) in [5.41, 5.74) is 0.866. The maximum Gasteiger partial charge on any atom is 0.238 e. The van der Waals surface area contributed by atoms with Crippen LogP contribution in [-0.4, -0.2) is 19.0 Å². The number of rotatable bonds is 6. The molecule has 0 aliphatic carbocycles.